The van der Waals surface area contributed by atoms with Crippen molar-refractivity contribution in [2.24, 2.45) is 16.8 Å². The van der Waals surface area contributed by atoms with Crippen molar-refractivity contribution in [2.45, 2.75) is 32.9 Å². The second kappa shape index (κ2) is 11.9. The Labute approximate surface area is 172 Å². The third-order valence-corrected chi connectivity index (χ3v) is 5.55. The lowest BCUT2D eigenvalue weighted by molar-refractivity contribution is 0.208. The number of nitrogens with zero attached hydrogens (tertiary/aromatic N) is 2. The van der Waals surface area contributed by atoms with Crippen LogP contribution in [0.1, 0.15) is 32.8 Å². The van der Waals surface area contributed by atoms with Gasteiger partial charge in [0.1, 0.15) is 0 Å². The number of piperidine rings is 1. The summed E-state index contributed by atoms with van der Waals surface area (Å²) in [6.07, 6.45) is 1.29. The van der Waals surface area contributed by atoms with Crippen molar-refractivity contribution in [3.63, 3.8) is 0 Å². The van der Waals surface area contributed by atoms with Gasteiger partial charge in [-0.2, -0.15) is 0 Å². The molecule has 0 amide bonds. The van der Waals surface area contributed by atoms with E-state index in [4.69, 9.17) is 4.99 Å². The minimum absolute atomic E-state index is 0. The highest BCUT2D eigenvalue weighted by Gasteiger charge is 2.23. The van der Waals surface area contributed by atoms with Gasteiger partial charge in [0.15, 0.2) is 5.96 Å². The van der Waals surface area contributed by atoms with E-state index < -0.39 is 10.8 Å². The van der Waals surface area contributed by atoms with Crippen LogP contribution in [0, 0.1) is 11.8 Å². The van der Waals surface area contributed by atoms with Crippen molar-refractivity contribution in [1.29, 1.82) is 0 Å². The van der Waals surface area contributed by atoms with E-state index in [-0.39, 0.29) is 24.0 Å². The molecule has 1 aromatic carbocycles. The highest BCUT2D eigenvalue weighted by atomic mass is 127. The van der Waals surface area contributed by atoms with E-state index in [0.717, 1.165) is 31.2 Å². The van der Waals surface area contributed by atoms with Crippen molar-refractivity contribution >= 4 is 40.7 Å². The fraction of sp³-hybridized carbons (Fsp3) is 0.632. The van der Waals surface area contributed by atoms with Crippen molar-refractivity contribution in [3.05, 3.63) is 35.9 Å². The van der Waals surface area contributed by atoms with Gasteiger partial charge < -0.3 is 10.2 Å². The van der Waals surface area contributed by atoms with E-state index in [1.54, 1.807) is 0 Å². The Morgan fingerprint density at radius 2 is 1.88 bits per heavy atom. The quantitative estimate of drug-likeness (QED) is 0.388. The predicted octanol–water partition coefficient (Wildman–Crippen LogP) is 3.50. The first kappa shape index (κ1) is 22.4. The van der Waals surface area contributed by atoms with Crippen LogP contribution in [0.3, 0.4) is 0 Å². The number of rotatable bonds is 6. The van der Waals surface area contributed by atoms with Crippen LogP contribution in [0.4, 0.5) is 0 Å². The van der Waals surface area contributed by atoms with Crippen LogP contribution in [0.5, 0.6) is 0 Å². The molecule has 142 valence electrons. The molecule has 1 aromatic rings. The van der Waals surface area contributed by atoms with Crippen LogP contribution >= 0.6 is 24.0 Å². The molecule has 0 saturated carbocycles. The molecule has 1 aliphatic rings. The molecule has 3 unspecified atom stereocenters. The van der Waals surface area contributed by atoms with Crippen molar-refractivity contribution in [1.82, 2.24) is 10.2 Å². The van der Waals surface area contributed by atoms with E-state index in [1.807, 2.05) is 30.3 Å². The lowest BCUT2D eigenvalue weighted by atomic mass is 9.92. The normalized spacial score (nSPS) is 22.2. The Kier molecular flexibility index (Phi) is 10.7. The molecule has 1 fully saturated rings. The first-order valence-electron chi connectivity index (χ1n) is 9.00. The summed E-state index contributed by atoms with van der Waals surface area (Å²) >= 11 is 0. The van der Waals surface area contributed by atoms with Gasteiger partial charge in [0.2, 0.25) is 0 Å². The number of likely N-dealkylation sites (tertiary alicyclic amines) is 1. The number of nitrogens with one attached hydrogen (secondary N) is 1. The minimum atomic E-state index is -0.864. The SMILES string of the molecule is CCNC(=NCCS(=O)Cc1ccccc1)N1CC(C)CC(C)C1.I. The number of benzene rings is 1. The number of aliphatic imine (C=N–C) groups is 1. The van der Waals surface area contributed by atoms with Gasteiger partial charge >= 0.3 is 0 Å². The zero-order valence-electron chi connectivity index (χ0n) is 15.6. The predicted molar refractivity (Wildman–Crippen MR) is 119 cm³/mol. The molecular weight excluding hydrogens is 445 g/mol. The Hall–Kier alpha value is -0.630. The Balaban J connectivity index is 0.00000312. The molecule has 6 heteroatoms. The van der Waals surface area contributed by atoms with Gasteiger partial charge in [-0.1, -0.05) is 44.2 Å². The molecule has 0 bridgehead atoms. The van der Waals surface area contributed by atoms with Gasteiger partial charge in [-0.25, -0.2) is 0 Å². The number of hydrogen-bond acceptors (Lipinski definition) is 2. The summed E-state index contributed by atoms with van der Waals surface area (Å²) in [6.45, 7) is 10.3. The summed E-state index contributed by atoms with van der Waals surface area (Å²) in [5.41, 5.74) is 1.13. The largest absolute Gasteiger partial charge is 0.357 e. The lowest BCUT2D eigenvalue weighted by Crippen LogP contribution is -2.48. The highest BCUT2D eigenvalue weighted by molar-refractivity contribution is 14.0. The number of hydrogen-bond donors (Lipinski definition) is 1. The maximum Gasteiger partial charge on any atom is 0.193 e. The molecule has 25 heavy (non-hydrogen) atoms. The van der Waals surface area contributed by atoms with Crippen LogP contribution < -0.4 is 5.32 Å². The Morgan fingerprint density at radius 3 is 2.48 bits per heavy atom. The van der Waals surface area contributed by atoms with Gasteiger partial charge in [-0.3, -0.25) is 9.20 Å². The Bertz CT molecular complexity index is 543. The third kappa shape index (κ3) is 8.07. The van der Waals surface area contributed by atoms with Crippen LogP contribution in [0.2, 0.25) is 0 Å². The summed E-state index contributed by atoms with van der Waals surface area (Å²) in [6, 6.07) is 10.0. The zero-order chi connectivity index (χ0) is 17.4. The molecule has 0 radical (unpaired) electrons. The van der Waals surface area contributed by atoms with Gasteiger partial charge in [-0.05, 0) is 30.7 Å². The van der Waals surface area contributed by atoms with E-state index >= 15 is 0 Å². The van der Waals surface area contributed by atoms with E-state index in [9.17, 15) is 4.21 Å². The smallest absolute Gasteiger partial charge is 0.193 e. The molecule has 3 atom stereocenters. The maximum absolute atomic E-state index is 12.2. The summed E-state index contributed by atoms with van der Waals surface area (Å²) in [4.78, 5) is 7.09. The summed E-state index contributed by atoms with van der Waals surface area (Å²) in [5, 5.41) is 3.39. The number of guanidine groups is 1. The summed E-state index contributed by atoms with van der Waals surface area (Å²) in [5.74, 6) is 3.61. The number of halogens is 1. The van der Waals surface area contributed by atoms with Gasteiger partial charge in [0.05, 0.1) is 6.54 Å². The minimum Gasteiger partial charge on any atom is -0.357 e. The Morgan fingerprint density at radius 1 is 1.24 bits per heavy atom. The monoisotopic (exact) mass is 477 g/mol. The molecule has 1 aliphatic heterocycles. The molecule has 1 saturated heterocycles. The van der Waals surface area contributed by atoms with Gasteiger partial charge in [0.25, 0.3) is 0 Å². The first-order valence-corrected chi connectivity index (χ1v) is 10.5. The molecule has 2 rings (SSSR count). The fourth-order valence-corrected chi connectivity index (χ4v) is 4.35. The maximum atomic E-state index is 12.2. The molecule has 0 spiro atoms. The fourth-order valence-electron chi connectivity index (χ4n) is 3.35. The van der Waals surface area contributed by atoms with Gasteiger partial charge in [-0.15, -0.1) is 24.0 Å². The van der Waals surface area contributed by atoms with E-state index in [0.29, 0.717) is 29.9 Å². The second-order valence-corrected chi connectivity index (χ2v) is 8.44. The van der Waals surface area contributed by atoms with Crippen molar-refractivity contribution < 1.29 is 4.21 Å². The topological polar surface area (TPSA) is 44.7 Å². The summed E-state index contributed by atoms with van der Waals surface area (Å²) in [7, 11) is -0.864. The van der Waals surface area contributed by atoms with E-state index in [1.165, 1.54) is 6.42 Å². The van der Waals surface area contributed by atoms with Crippen LogP contribution in [0.25, 0.3) is 0 Å². The standard InChI is InChI=1S/C19H31N3OS.HI/c1-4-20-19(22-13-16(2)12-17(3)14-22)21-10-11-24(23)15-18-8-6-5-7-9-18;/h5-9,16-17H,4,10-15H2,1-3H3,(H,20,21);1H. The molecule has 0 aromatic heterocycles. The van der Waals surface area contributed by atoms with Crippen LogP contribution in [0.15, 0.2) is 35.3 Å². The molecule has 4 nitrogen and oxygen atoms in total. The van der Waals surface area contributed by atoms with Crippen LogP contribution in [-0.2, 0) is 16.6 Å². The van der Waals surface area contributed by atoms with Gasteiger partial charge in [0, 0.05) is 41.9 Å². The highest BCUT2D eigenvalue weighted by Crippen LogP contribution is 2.20. The van der Waals surface area contributed by atoms with Crippen molar-refractivity contribution in [2.75, 3.05) is 31.9 Å². The average molecular weight is 477 g/mol. The second-order valence-electron chi connectivity index (χ2n) is 6.86. The zero-order valence-corrected chi connectivity index (χ0v) is 18.8. The summed E-state index contributed by atoms with van der Waals surface area (Å²) < 4.78 is 12.2. The molecule has 1 heterocycles. The molecular formula is C19H32IN3OS. The first-order chi connectivity index (χ1) is 11.6. The van der Waals surface area contributed by atoms with E-state index in [2.05, 4.69) is 31.0 Å². The lowest BCUT2D eigenvalue weighted by Gasteiger charge is -2.37. The third-order valence-electron chi connectivity index (χ3n) is 4.25. The van der Waals surface area contributed by atoms with Crippen LogP contribution in [-0.4, -0.2) is 47.0 Å². The van der Waals surface area contributed by atoms with Crippen molar-refractivity contribution in [3.8, 4) is 0 Å². The molecule has 1 N–H and O–H groups in total. The average Bonchev–Trinajstić information content (AvgIpc) is 2.54. The molecule has 0 aliphatic carbocycles.